The van der Waals surface area contributed by atoms with Gasteiger partial charge < -0.3 is 5.11 Å². The number of benzene rings is 1. The molecule has 0 spiro atoms. The van der Waals surface area contributed by atoms with E-state index in [1.54, 1.807) is 12.1 Å². The van der Waals surface area contributed by atoms with E-state index in [4.69, 9.17) is 23.2 Å². The number of pyridine rings is 1. The van der Waals surface area contributed by atoms with Crippen molar-refractivity contribution in [2.24, 2.45) is 0 Å². The van der Waals surface area contributed by atoms with E-state index in [-0.39, 0.29) is 12.0 Å². The van der Waals surface area contributed by atoms with Crippen LogP contribution in [0.25, 0.3) is 0 Å². The first-order chi connectivity index (χ1) is 8.59. The van der Waals surface area contributed by atoms with Crippen molar-refractivity contribution in [1.82, 2.24) is 4.98 Å². The normalized spacial score (nSPS) is 12.4. The van der Waals surface area contributed by atoms with E-state index in [1.807, 2.05) is 0 Å². The fraction of sp³-hybridized carbons (Fsp3) is 0.154. The molecular formula is C13H10Cl2FNO. The predicted molar refractivity (Wildman–Crippen MR) is 69.3 cm³/mol. The lowest BCUT2D eigenvalue weighted by Gasteiger charge is -2.13. The Morgan fingerprint density at radius 1 is 1.22 bits per heavy atom. The highest BCUT2D eigenvalue weighted by molar-refractivity contribution is 6.31. The summed E-state index contributed by atoms with van der Waals surface area (Å²) in [4.78, 5) is 3.83. The molecule has 94 valence electrons. The summed E-state index contributed by atoms with van der Waals surface area (Å²) in [5.41, 5.74) is 0.783. The number of hydrogen-bond donors (Lipinski definition) is 1. The molecule has 1 aromatic heterocycles. The summed E-state index contributed by atoms with van der Waals surface area (Å²) in [6, 6.07) is 6.01. The average Bonchev–Trinajstić information content (AvgIpc) is 2.34. The van der Waals surface area contributed by atoms with E-state index in [0.717, 1.165) is 0 Å². The van der Waals surface area contributed by atoms with Crippen LogP contribution >= 0.6 is 23.2 Å². The summed E-state index contributed by atoms with van der Waals surface area (Å²) in [5, 5.41) is 10.7. The molecule has 0 saturated carbocycles. The molecule has 2 aromatic rings. The Bertz CT molecular complexity index is 542. The first-order valence-electron chi connectivity index (χ1n) is 5.30. The summed E-state index contributed by atoms with van der Waals surface area (Å²) in [6.45, 7) is 0. The second-order valence-electron chi connectivity index (χ2n) is 3.82. The second kappa shape index (κ2) is 5.65. The number of halogens is 3. The van der Waals surface area contributed by atoms with Gasteiger partial charge in [0.15, 0.2) is 0 Å². The number of hydrogen-bond acceptors (Lipinski definition) is 2. The zero-order valence-electron chi connectivity index (χ0n) is 9.28. The van der Waals surface area contributed by atoms with Crippen molar-refractivity contribution < 1.29 is 9.50 Å². The highest BCUT2D eigenvalue weighted by atomic mass is 35.5. The van der Waals surface area contributed by atoms with Crippen LogP contribution in [0.2, 0.25) is 10.0 Å². The summed E-state index contributed by atoms with van der Waals surface area (Å²) in [5.74, 6) is -0.438. The number of nitrogens with zero attached hydrogens (tertiary/aromatic N) is 1. The molecule has 0 fully saturated rings. The van der Waals surface area contributed by atoms with Crippen LogP contribution in [-0.4, -0.2) is 10.1 Å². The van der Waals surface area contributed by atoms with Gasteiger partial charge in [0.1, 0.15) is 5.82 Å². The molecule has 1 aromatic carbocycles. The molecule has 1 atom stereocenters. The minimum Gasteiger partial charge on any atom is -0.388 e. The van der Waals surface area contributed by atoms with Gasteiger partial charge in [0, 0.05) is 35.0 Å². The van der Waals surface area contributed by atoms with Crippen LogP contribution in [0, 0.1) is 5.82 Å². The third-order valence-corrected chi connectivity index (χ3v) is 3.29. The van der Waals surface area contributed by atoms with Crippen LogP contribution in [0.4, 0.5) is 4.39 Å². The standard InChI is InChI=1S/C13H10Cl2FNO/c14-10-2-1-3-12(16)9(10)6-13(18)8-4-5-17-7-11(8)15/h1-5,7,13,18H,6H2. The van der Waals surface area contributed by atoms with E-state index < -0.39 is 11.9 Å². The Labute approximate surface area is 114 Å². The molecule has 0 aliphatic heterocycles. The molecule has 2 nitrogen and oxygen atoms in total. The molecule has 18 heavy (non-hydrogen) atoms. The topological polar surface area (TPSA) is 33.1 Å². The predicted octanol–water partition coefficient (Wildman–Crippen LogP) is 3.80. The number of aliphatic hydroxyl groups is 1. The molecule has 0 saturated heterocycles. The van der Waals surface area contributed by atoms with Crippen LogP contribution in [0.15, 0.2) is 36.7 Å². The lowest BCUT2D eigenvalue weighted by atomic mass is 10.0. The van der Waals surface area contributed by atoms with E-state index in [1.165, 1.54) is 24.5 Å². The molecule has 5 heteroatoms. The smallest absolute Gasteiger partial charge is 0.127 e. The van der Waals surface area contributed by atoms with Crippen LogP contribution < -0.4 is 0 Å². The third kappa shape index (κ3) is 2.80. The number of aliphatic hydroxyl groups excluding tert-OH is 1. The van der Waals surface area contributed by atoms with E-state index in [9.17, 15) is 9.50 Å². The maximum atomic E-state index is 13.6. The van der Waals surface area contributed by atoms with Crippen molar-refractivity contribution in [3.63, 3.8) is 0 Å². The van der Waals surface area contributed by atoms with Crippen molar-refractivity contribution >= 4 is 23.2 Å². The highest BCUT2D eigenvalue weighted by Crippen LogP contribution is 2.28. The molecule has 1 heterocycles. The number of aromatic nitrogens is 1. The Balaban J connectivity index is 2.27. The van der Waals surface area contributed by atoms with Gasteiger partial charge in [-0.2, -0.15) is 0 Å². The molecule has 0 amide bonds. The van der Waals surface area contributed by atoms with Gasteiger partial charge in [-0.05, 0) is 18.2 Å². The summed E-state index contributed by atoms with van der Waals surface area (Å²) < 4.78 is 13.6. The van der Waals surface area contributed by atoms with Gasteiger partial charge in [-0.1, -0.05) is 29.3 Å². The van der Waals surface area contributed by atoms with Crippen LogP contribution in [0.1, 0.15) is 17.2 Å². The maximum Gasteiger partial charge on any atom is 0.127 e. The monoisotopic (exact) mass is 285 g/mol. The molecule has 0 bridgehead atoms. The Morgan fingerprint density at radius 2 is 2.00 bits per heavy atom. The first-order valence-corrected chi connectivity index (χ1v) is 6.05. The van der Waals surface area contributed by atoms with Crippen LogP contribution in [0.5, 0.6) is 0 Å². The maximum absolute atomic E-state index is 13.6. The van der Waals surface area contributed by atoms with Gasteiger partial charge in [-0.3, -0.25) is 4.98 Å². The third-order valence-electron chi connectivity index (χ3n) is 2.62. The van der Waals surface area contributed by atoms with Gasteiger partial charge in [-0.25, -0.2) is 4.39 Å². The van der Waals surface area contributed by atoms with Gasteiger partial charge in [-0.15, -0.1) is 0 Å². The SMILES string of the molecule is OC(Cc1c(F)cccc1Cl)c1ccncc1Cl. The summed E-state index contributed by atoms with van der Waals surface area (Å²) in [6.07, 6.45) is 2.10. The van der Waals surface area contributed by atoms with Crippen LogP contribution in [-0.2, 0) is 6.42 Å². The average molecular weight is 286 g/mol. The van der Waals surface area contributed by atoms with E-state index in [2.05, 4.69) is 4.98 Å². The lowest BCUT2D eigenvalue weighted by molar-refractivity contribution is 0.177. The van der Waals surface area contributed by atoms with E-state index >= 15 is 0 Å². The van der Waals surface area contributed by atoms with Gasteiger partial charge in [0.05, 0.1) is 11.1 Å². The Hall–Kier alpha value is -1.16. The van der Waals surface area contributed by atoms with Gasteiger partial charge >= 0.3 is 0 Å². The Morgan fingerprint density at radius 3 is 2.67 bits per heavy atom. The second-order valence-corrected chi connectivity index (χ2v) is 4.63. The molecule has 1 N–H and O–H groups in total. The molecule has 1 unspecified atom stereocenters. The zero-order chi connectivity index (χ0) is 13.1. The fourth-order valence-electron chi connectivity index (χ4n) is 1.69. The number of rotatable bonds is 3. The molecule has 0 radical (unpaired) electrons. The minimum atomic E-state index is -0.921. The van der Waals surface area contributed by atoms with E-state index in [0.29, 0.717) is 15.6 Å². The zero-order valence-corrected chi connectivity index (χ0v) is 10.8. The first kappa shape index (κ1) is 13.3. The lowest BCUT2D eigenvalue weighted by Crippen LogP contribution is -2.05. The van der Waals surface area contributed by atoms with Crippen molar-refractivity contribution in [2.75, 3.05) is 0 Å². The van der Waals surface area contributed by atoms with Gasteiger partial charge in [0.25, 0.3) is 0 Å². The van der Waals surface area contributed by atoms with Crippen LogP contribution in [0.3, 0.4) is 0 Å². The fourth-order valence-corrected chi connectivity index (χ4v) is 2.17. The summed E-state index contributed by atoms with van der Waals surface area (Å²) >= 11 is 11.8. The van der Waals surface area contributed by atoms with Crippen molar-refractivity contribution in [1.29, 1.82) is 0 Å². The van der Waals surface area contributed by atoms with Gasteiger partial charge in [0.2, 0.25) is 0 Å². The minimum absolute atomic E-state index is 0.0647. The van der Waals surface area contributed by atoms with Crippen molar-refractivity contribution in [3.8, 4) is 0 Å². The molecular weight excluding hydrogens is 276 g/mol. The molecule has 0 aliphatic carbocycles. The largest absolute Gasteiger partial charge is 0.388 e. The molecule has 0 aliphatic rings. The molecule has 2 rings (SSSR count). The quantitative estimate of drug-likeness (QED) is 0.930. The van der Waals surface area contributed by atoms with Crippen molar-refractivity contribution in [2.45, 2.75) is 12.5 Å². The Kier molecular flexibility index (Phi) is 4.17. The summed E-state index contributed by atoms with van der Waals surface area (Å²) in [7, 11) is 0. The highest BCUT2D eigenvalue weighted by Gasteiger charge is 2.16. The van der Waals surface area contributed by atoms with Crippen molar-refractivity contribution in [3.05, 3.63) is 63.6 Å².